The Morgan fingerprint density at radius 1 is 1.50 bits per heavy atom. The summed E-state index contributed by atoms with van der Waals surface area (Å²) in [5.41, 5.74) is 0. The van der Waals surface area contributed by atoms with Gasteiger partial charge in [0.1, 0.15) is 24.1 Å². The summed E-state index contributed by atoms with van der Waals surface area (Å²) in [5, 5.41) is 11.5. The van der Waals surface area contributed by atoms with Crippen molar-refractivity contribution in [3.8, 4) is 0 Å². The molecule has 0 saturated carbocycles. The third-order valence-electron chi connectivity index (χ3n) is 2.90. The zero-order chi connectivity index (χ0) is 14.7. The number of furan rings is 1. The van der Waals surface area contributed by atoms with Gasteiger partial charge >= 0.3 is 5.97 Å². The molecule has 2 rings (SSSR count). The Bertz CT molecular complexity index is 575. The number of carbonyl (C=O) groups is 3. The Morgan fingerprint density at radius 2 is 2.25 bits per heavy atom. The van der Waals surface area contributed by atoms with Crippen molar-refractivity contribution in [1.29, 1.82) is 0 Å². The van der Waals surface area contributed by atoms with Gasteiger partial charge < -0.3 is 19.7 Å². The van der Waals surface area contributed by atoms with Crippen LogP contribution in [0.2, 0.25) is 0 Å². The number of rotatable bonds is 3. The summed E-state index contributed by atoms with van der Waals surface area (Å²) in [6, 6.07) is 2.39. The second kappa shape index (κ2) is 5.60. The molecular formula is C13H14N2O5. The number of amides is 2. The normalized spacial score (nSPS) is 19.1. The number of carbonyl (C=O) groups excluding carboxylic acids is 2. The average Bonchev–Trinajstić information content (AvgIpc) is 2.81. The predicted molar refractivity (Wildman–Crippen MR) is 68.6 cm³/mol. The molecule has 0 bridgehead atoms. The van der Waals surface area contributed by atoms with Crippen molar-refractivity contribution in [2.45, 2.75) is 13.0 Å². The lowest BCUT2D eigenvalue weighted by atomic mass is 10.2. The van der Waals surface area contributed by atoms with Crippen LogP contribution in [0.25, 0.3) is 6.08 Å². The summed E-state index contributed by atoms with van der Waals surface area (Å²) >= 11 is 0. The van der Waals surface area contributed by atoms with E-state index in [4.69, 9.17) is 9.52 Å². The van der Waals surface area contributed by atoms with Crippen LogP contribution >= 0.6 is 0 Å². The van der Waals surface area contributed by atoms with Crippen molar-refractivity contribution in [3.05, 3.63) is 29.7 Å². The van der Waals surface area contributed by atoms with E-state index >= 15 is 0 Å². The quantitative estimate of drug-likeness (QED) is 0.759. The number of hydrogen-bond acceptors (Lipinski definition) is 4. The van der Waals surface area contributed by atoms with E-state index in [9.17, 15) is 14.4 Å². The first kappa shape index (κ1) is 13.9. The number of aryl methyl sites for hydroxylation is 1. The molecule has 0 radical (unpaired) electrons. The first-order valence-corrected chi connectivity index (χ1v) is 6.02. The molecular weight excluding hydrogens is 264 g/mol. The fraction of sp³-hybridized carbons (Fsp3) is 0.308. The number of carboxylic acids is 1. The zero-order valence-corrected chi connectivity index (χ0v) is 10.8. The molecule has 1 aliphatic heterocycles. The standard InChI is InChI=1S/C13H14N2O5/c1-8-2-3-9(20-8)4-5-12(17)15-7-11(16)14-6-10(15)13(18)19/h2-5,10H,6-7H2,1H3,(H,14,16)(H,18,19)/b5-4+. The van der Waals surface area contributed by atoms with Gasteiger partial charge in [-0.2, -0.15) is 0 Å². The molecule has 1 atom stereocenters. The Hall–Kier alpha value is -2.57. The lowest BCUT2D eigenvalue weighted by Crippen LogP contribution is -2.59. The molecule has 2 N–H and O–H groups in total. The fourth-order valence-electron chi connectivity index (χ4n) is 1.89. The molecule has 1 saturated heterocycles. The molecule has 1 aromatic rings. The van der Waals surface area contributed by atoms with Gasteiger partial charge in [0.2, 0.25) is 11.8 Å². The van der Waals surface area contributed by atoms with Crippen molar-refractivity contribution in [2.24, 2.45) is 0 Å². The molecule has 0 aliphatic carbocycles. The van der Waals surface area contributed by atoms with Gasteiger partial charge in [-0.05, 0) is 25.1 Å². The van der Waals surface area contributed by atoms with E-state index in [0.717, 1.165) is 4.90 Å². The number of nitrogens with zero attached hydrogens (tertiary/aromatic N) is 1. The summed E-state index contributed by atoms with van der Waals surface area (Å²) in [7, 11) is 0. The van der Waals surface area contributed by atoms with Crippen molar-refractivity contribution in [3.63, 3.8) is 0 Å². The molecule has 20 heavy (non-hydrogen) atoms. The first-order chi connectivity index (χ1) is 9.47. The molecule has 106 valence electrons. The summed E-state index contributed by atoms with van der Waals surface area (Å²) < 4.78 is 5.26. The molecule has 2 heterocycles. The number of aliphatic carboxylic acids is 1. The average molecular weight is 278 g/mol. The zero-order valence-electron chi connectivity index (χ0n) is 10.8. The van der Waals surface area contributed by atoms with Crippen molar-refractivity contribution in [1.82, 2.24) is 10.2 Å². The van der Waals surface area contributed by atoms with Gasteiger partial charge in [-0.15, -0.1) is 0 Å². The van der Waals surface area contributed by atoms with Gasteiger partial charge in [0.25, 0.3) is 0 Å². The highest BCUT2D eigenvalue weighted by atomic mass is 16.4. The number of piperazine rings is 1. The van der Waals surface area contributed by atoms with Gasteiger partial charge in [0.15, 0.2) is 0 Å². The van der Waals surface area contributed by atoms with Gasteiger partial charge in [0.05, 0.1) is 0 Å². The van der Waals surface area contributed by atoms with Crippen LogP contribution in [0.3, 0.4) is 0 Å². The minimum absolute atomic E-state index is 0.0897. The minimum atomic E-state index is -1.15. The molecule has 7 nitrogen and oxygen atoms in total. The highest BCUT2D eigenvalue weighted by molar-refractivity contribution is 5.97. The summed E-state index contributed by atoms with van der Waals surface area (Å²) in [6.45, 7) is 1.42. The van der Waals surface area contributed by atoms with Crippen LogP contribution in [-0.4, -0.2) is 46.9 Å². The van der Waals surface area contributed by atoms with E-state index in [2.05, 4.69) is 5.32 Å². The smallest absolute Gasteiger partial charge is 0.328 e. The Balaban J connectivity index is 2.11. The third kappa shape index (κ3) is 3.05. The van der Waals surface area contributed by atoms with Crippen LogP contribution in [0.1, 0.15) is 11.5 Å². The maximum absolute atomic E-state index is 12.0. The van der Waals surface area contributed by atoms with E-state index in [0.29, 0.717) is 11.5 Å². The molecule has 1 aliphatic rings. The summed E-state index contributed by atoms with van der Waals surface area (Å²) in [6.07, 6.45) is 2.65. The lowest BCUT2D eigenvalue weighted by molar-refractivity contribution is -0.152. The number of carboxylic acid groups (broad SMARTS) is 1. The lowest BCUT2D eigenvalue weighted by Gasteiger charge is -2.31. The van der Waals surface area contributed by atoms with E-state index in [1.807, 2.05) is 0 Å². The van der Waals surface area contributed by atoms with Gasteiger partial charge in [-0.25, -0.2) is 4.79 Å². The predicted octanol–water partition coefficient (Wildman–Crippen LogP) is 0.0128. The Labute approximate surface area is 114 Å². The monoisotopic (exact) mass is 278 g/mol. The second-order valence-electron chi connectivity index (χ2n) is 4.41. The van der Waals surface area contributed by atoms with Crippen LogP contribution < -0.4 is 5.32 Å². The van der Waals surface area contributed by atoms with Crippen LogP contribution in [0, 0.1) is 6.92 Å². The third-order valence-corrected chi connectivity index (χ3v) is 2.90. The molecule has 1 fully saturated rings. The number of nitrogens with one attached hydrogen (secondary N) is 1. The van der Waals surface area contributed by atoms with E-state index < -0.39 is 17.9 Å². The maximum Gasteiger partial charge on any atom is 0.328 e. The molecule has 7 heteroatoms. The first-order valence-electron chi connectivity index (χ1n) is 6.02. The largest absolute Gasteiger partial charge is 0.480 e. The molecule has 0 spiro atoms. The van der Waals surface area contributed by atoms with E-state index in [1.54, 1.807) is 19.1 Å². The van der Waals surface area contributed by atoms with E-state index in [1.165, 1.54) is 12.2 Å². The minimum Gasteiger partial charge on any atom is -0.480 e. The van der Waals surface area contributed by atoms with Crippen molar-refractivity contribution in [2.75, 3.05) is 13.1 Å². The van der Waals surface area contributed by atoms with Gasteiger partial charge in [0, 0.05) is 12.6 Å². The SMILES string of the molecule is Cc1ccc(/C=C/C(=O)N2CC(=O)NCC2C(=O)O)o1. The van der Waals surface area contributed by atoms with Crippen molar-refractivity contribution >= 4 is 23.9 Å². The van der Waals surface area contributed by atoms with Crippen molar-refractivity contribution < 1.29 is 23.9 Å². The summed E-state index contributed by atoms with van der Waals surface area (Å²) in [5.74, 6) is -0.873. The second-order valence-corrected chi connectivity index (χ2v) is 4.41. The van der Waals surface area contributed by atoms with Crippen LogP contribution in [0.4, 0.5) is 0 Å². The molecule has 2 amide bonds. The Kier molecular flexibility index (Phi) is 3.88. The van der Waals surface area contributed by atoms with Crippen LogP contribution in [-0.2, 0) is 14.4 Å². The number of hydrogen-bond donors (Lipinski definition) is 2. The molecule has 0 aromatic carbocycles. The molecule has 1 aromatic heterocycles. The Morgan fingerprint density at radius 3 is 2.85 bits per heavy atom. The fourth-order valence-corrected chi connectivity index (χ4v) is 1.89. The van der Waals surface area contributed by atoms with Crippen LogP contribution in [0.5, 0.6) is 0 Å². The van der Waals surface area contributed by atoms with Crippen LogP contribution in [0.15, 0.2) is 22.6 Å². The van der Waals surface area contributed by atoms with E-state index in [-0.39, 0.29) is 19.0 Å². The van der Waals surface area contributed by atoms with Gasteiger partial charge in [-0.3, -0.25) is 9.59 Å². The molecule has 1 unspecified atom stereocenters. The highest BCUT2D eigenvalue weighted by Crippen LogP contribution is 2.10. The maximum atomic E-state index is 12.0. The summed E-state index contributed by atoms with van der Waals surface area (Å²) in [4.78, 5) is 35.4. The highest BCUT2D eigenvalue weighted by Gasteiger charge is 2.34. The van der Waals surface area contributed by atoms with Gasteiger partial charge in [-0.1, -0.05) is 0 Å². The topological polar surface area (TPSA) is 99.9 Å².